The van der Waals surface area contributed by atoms with Crippen molar-refractivity contribution in [3.05, 3.63) is 100 Å². The molecule has 0 saturated heterocycles. The van der Waals surface area contributed by atoms with E-state index in [4.69, 9.17) is 4.42 Å². The highest BCUT2D eigenvalue weighted by molar-refractivity contribution is 7.98. The van der Waals surface area contributed by atoms with Gasteiger partial charge in [0.1, 0.15) is 10.7 Å². The summed E-state index contributed by atoms with van der Waals surface area (Å²) in [6.07, 6.45) is 1.62. The summed E-state index contributed by atoms with van der Waals surface area (Å²) in [5, 5.41) is 15.2. The molecule has 1 unspecified atom stereocenters. The van der Waals surface area contributed by atoms with Gasteiger partial charge in [-0.1, -0.05) is 59.8 Å². The van der Waals surface area contributed by atoms with E-state index in [2.05, 4.69) is 39.6 Å². The van der Waals surface area contributed by atoms with E-state index in [9.17, 15) is 4.79 Å². The van der Waals surface area contributed by atoms with Gasteiger partial charge in [-0.2, -0.15) is 0 Å². The van der Waals surface area contributed by atoms with Crippen molar-refractivity contribution in [3.63, 3.8) is 0 Å². The van der Waals surface area contributed by atoms with E-state index in [1.807, 2.05) is 66.1 Å². The monoisotopic (exact) mass is 501 g/mol. The summed E-state index contributed by atoms with van der Waals surface area (Å²) in [5.41, 5.74) is 3.59. The van der Waals surface area contributed by atoms with E-state index in [1.54, 1.807) is 11.6 Å². The number of rotatable bonds is 8. The van der Waals surface area contributed by atoms with Crippen LogP contribution >= 0.6 is 23.1 Å². The van der Waals surface area contributed by atoms with E-state index in [-0.39, 0.29) is 11.9 Å². The molecule has 5 aromatic rings. The number of nitrogens with zero attached hydrogens (tertiary/aromatic N) is 4. The predicted octanol–water partition coefficient (Wildman–Crippen LogP) is 6.08. The summed E-state index contributed by atoms with van der Waals surface area (Å²) in [6, 6.07) is 21.6. The van der Waals surface area contributed by atoms with E-state index < -0.39 is 0 Å². The highest BCUT2D eigenvalue weighted by atomic mass is 32.2. The van der Waals surface area contributed by atoms with Crippen LogP contribution in [0.4, 0.5) is 0 Å². The molecule has 176 valence electrons. The standard InChI is InChI=1S/C26H23N5O2S2/c1-17-10-12-20(13-11-17)31-24(22-9-6-14-33-22)29-30-26(31)35-16-23-28-21(15-34-23)25(32)27-18(2)19-7-4-3-5-8-19/h3-15,18H,16H2,1-2H3,(H,27,32). The fourth-order valence-corrected chi connectivity index (χ4v) is 5.30. The second-order valence-electron chi connectivity index (χ2n) is 7.98. The van der Waals surface area contributed by atoms with Crippen LogP contribution in [0.1, 0.15) is 39.6 Å². The molecule has 0 fully saturated rings. The fourth-order valence-electron chi connectivity index (χ4n) is 3.56. The number of aromatic nitrogens is 4. The number of benzene rings is 2. The van der Waals surface area contributed by atoms with Crippen molar-refractivity contribution >= 4 is 29.0 Å². The topological polar surface area (TPSA) is 85.8 Å². The van der Waals surface area contributed by atoms with Gasteiger partial charge in [-0.25, -0.2) is 4.98 Å². The molecular formula is C26H23N5O2S2. The molecule has 2 aromatic carbocycles. The van der Waals surface area contributed by atoms with E-state index in [0.717, 1.165) is 21.4 Å². The fraction of sp³-hybridized carbons (Fsp3) is 0.154. The third-order valence-corrected chi connectivity index (χ3v) is 7.40. The van der Waals surface area contributed by atoms with Crippen LogP contribution in [-0.4, -0.2) is 25.7 Å². The summed E-state index contributed by atoms with van der Waals surface area (Å²) >= 11 is 2.98. The number of carbonyl (C=O) groups is 1. The average Bonchev–Trinajstić information content (AvgIpc) is 3.64. The largest absolute Gasteiger partial charge is 0.461 e. The Morgan fingerprint density at radius 1 is 1.09 bits per heavy atom. The number of furan rings is 1. The van der Waals surface area contributed by atoms with Crippen molar-refractivity contribution in [2.45, 2.75) is 30.8 Å². The Kier molecular flexibility index (Phi) is 6.78. The first-order chi connectivity index (χ1) is 17.1. The molecule has 1 atom stereocenters. The molecule has 0 aliphatic carbocycles. The average molecular weight is 502 g/mol. The number of thiazole rings is 1. The molecule has 7 nitrogen and oxygen atoms in total. The minimum Gasteiger partial charge on any atom is -0.461 e. The Bertz CT molecular complexity index is 1410. The number of hydrogen-bond donors (Lipinski definition) is 1. The van der Waals surface area contributed by atoms with Crippen LogP contribution in [0.25, 0.3) is 17.3 Å². The highest BCUT2D eigenvalue weighted by Crippen LogP contribution is 2.30. The minimum absolute atomic E-state index is 0.101. The van der Waals surface area contributed by atoms with Gasteiger partial charge in [-0.05, 0) is 43.7 Å². The van der Waals surface area contributed by atoms with Gasteiger partial charge < -0.3 is 9.73 Å². The van der Waals surface area contributed by atoms with Crippen LogP contribution in [0, 0.1) is 6.92 Å². The minimum atomic E-state index is -0.184. The number of carbonyl (C=O) groups excluding carboxylic acids is 1. The molecule has 0 aliphatic heterocycles. The number of amides is 1. The quantitative estimate of drug-likeness (QED) is 0.260. The van der Waals surface area contributed by atoms with Crippen molar-refractivity contribution in [1.29, 1.82) is 0 Å². The predicted molar refractivity (Wildman–Crippen MR) is 138 cm³/mol. The first kappa shape index (κ1) is 23.1. The third-order valence-electron chi connectivity index (χ3n) is 5.42. The van der Waals surface area contributed by atoms with Crippen LogP contribution in [0.5, 0.6) is 0 Å². The van der Waals surface area contributed by atoms with Crippen molar-refractivity contribution in [2.75, 3.05) is 0 Å². The van der Waals surface area contributed by atoms with Gasteiger partial charge in [0.2, 0.25) is 5.82 Å². The molecular weight excluding hydrogens is 478 g/mol. The SMILES string of the molecule is Cc1ccc(-n2c(SCc3nc(C(=O)NC(C)c4ccccc4)cs3)nnc2-c2ccco2)cc1. The summed E-state index contributed by atoms with van der Waals surface area (Å²) in [7, 11) is 0. The zero-order valence-corrected chi connectivity index (χ0v) is 20.8. The Morgan fingerprint density at radius 2 is 1.89 bits per heavy atom. The first-order valence-corrected chi connectivity index (χ1v) is 12.9. The normalized spacial score (nSPS) is 11.9. The molecule has 1 N–H and O–H groups in total. The van der Waals surface area contributed by atoms with Gasteiger partial charge in [-0.15, -0.1) is 21.5 Å². The molecule has 0 radical (unpaired) electrons. The number of aryl methyl sites for hydroxylation is 1. The Morgan fingerprint density at radius 3 is 2.63 bits per heavy atom. The maximum absolute atomic E-state index is 12.7. The zero-order chi connectivity index (χ0) is 24.2. The lowest BCUT2D eigenvalue weighted by molar-refractivity contribution is 0.0935. The maximum atomic E-state index is 12.7. The van der Waals surface area contributed by atoms with E-state index in [1.165, 1.54) is 28.7 Å². The summed E-state index contributed by atoms with van der Waals surface area (Å²) in [5.74, 6) is 1.66. The summed E-state index contributed by atoms with van der Waals surface area (Å²) in [6.45, 7) is 4.01. The second kappa shape index (κ2) is 10.3. The number of nitrogens with one attached hydrogen (secondary N) is 1. The van der Waals surface area contributed by atoms with Crippen molar-refractivity contribution < 1.29 is 9.21 Å². The van der Waals surface area contributed by atoms with E-state index in [0.29, 0.717) is 23.0 Å². The lowest BCUT2D eigenvalue weighted by Gasteiger charge is -2.13. The molecule has 0 aliphatic rings. The van der Waals surface area contributed by atoms with Gasteiger partial charge in [0.25, 0.3) is 5.91 Å². The number of thioether (sulfide) groups is 1. The van der Waals surface area contributed by atoms with Crippen LogP contribution in [-0.2, 0) is 5.75 Å². The van der Waals surface area contributed by atoms with Crippen molar-refractivity contribution in [3.8, 4) is 17.3 Å². The lowest BCUT2D eigenvalue weighted by atomic mass is 10.1. The Labute approximate surface area is 211 Å². The molecule has 0 bridgehead atoms. The Balaban J connectivity index is 1.31. The van der Waals surface area contributed by atoms with Gasteiger partial charge in [-0.3, -0.25) is 9.36 Å². The molecule has 9 heteroatoms. The molecule has 5 rings (SSSR count). The van der Waals surface area contributed by atoms with Crippen molar-refractivity contribution in [2.24, 2.45) is 0 Å². The van der Waals surface area contributed by atoms with Gasteiger partial charge in [0.05, 0.1) is 18.1 Å². The van der Waals surface area contributed by atoms with Gasteiger partial charge in [0.15, 0.2) is 10.9 Å². The van der Waals surface area contributed by atoms with Crippen LogP contribution in [0.15, 0.2) is 87.9 Å². The molecule has 0 spiro atoms. The molecule has 3 heterocycles. The molecule has 35 heavy (non-hydrogen) atoms. The maximum Gasteiger partial charge on any atom is 0.271 e. The Hall–Kier alpha value is -3.69. The zero-order valence-electron chi connectivity index (χ0n) is 19.2. The van der Waals surface area contributed by atoms with Gasteiger partial charge >= 0.3 is 0 Å². The first-order valence-electron chi connectivity index (χ1n) is 11.1. The van der Waals surface area contributed by atoms with Crippen molar-refractivity contribution in [1.82, 2.24) is 25.1 Å². The van der Waals surface area contributed by atoms with Gasteiger partial charge in [0, 0.05) is 11.1 Å². The lowest BCUT2D eigenvalue weighted by Crippen LogP contribution is -2.26. The highest BCUT2D eigenvalue weighted by Gasteiger charge is 2.19. The molecule has 1 amide bonds. The summed E-state index contributed by atoms with van der Waals surface area (Å²) < 4.78 is 7.57. The third kappa shape index (κ3) is 5.21. The van der Waals surface area contributed by atoms with Crippen LogP contribution in [0.2, 0.25) is 0 Å². The second-order valence-corrected chi connectivity index (χ2v) is 9.86. The number of hydrogen-bond acceptors (Lipinski definition) is 7. The molecule has 3 aromatic heterocycles. The summed E-state index contributed by atoms with van der Waals surface area (Å²) in [4.78, 5) is 17.3. The van der Waals surface area contributed by atoms with Crippen LogP contribution < -0.4 is 5.32 Å². The van der Waals surface area contributed by atoms with Crippen LogP contribution in [0.3, 0.4) is 0 Å². The smallest absolute Gasteiger partial charge is 0.271 e. The van der Waals surface area contributed by atoms with E-state index >= 15 is 0 Å². The molecule has 0 saturated carbocycles.